The van der Waals surface area contributed by atoms with Gasteiger partial charge in [-0.2, -0.15) is 9.36 Å². The lowest BCUT2D eigenvalue weighted by Gasteiger charge is -2.07. The summed E-state index contributed by atoms with van der Waals surface area (Å²) in [4.78, 5) is 17.1. The molecule has 0 bridgehead atoms. The monoisotopic (exact) mass is 450 g/mol. The highest BCUT2D eigenvalue weighted by atomic mass is 32.1. The number of nitrogens with one attached hydrogen (secondary N) is 1. The third kappa shape index (κ3) is 4.30. The van der Waals surface area contributed by atoms with Gasteiger partial charge in [0.1, 0.15) is 11.5 Å². The smallest absolute Gasteiger partial charge is 0.257 e. The predicted octanol–water partition coefficient (Wildman–Crippen LogP) is 3.98. The summed E-state index contributed by atoms with van der Waals surface area (Å²) in [7, 11) is 3.06. The minimum Gasteiger partial charge on any atom is -0.497 e. The van der Waals surface area contributed by atoms with E-state index in [1.807, 2.05) is 32.9 Å². The fourth-order valence-electron chi connectivity index (χ4n) is 3.33. The summed E-state index contributed by atoms with van der Waals surface area (Å²) < 4.78 is 16.6. The number of amides is 1. The highest BCUT2D eigenvalue weighted by molar-refractivity contribution is 7.10. The molecule has 9 nitrogen and oxygen atoms in total. The number of carbonyl (C=O) groups is 1. The van der Waals surface area contributed by atoms with Crippen molar-refractivity contribution in [2.24, 2.45) is 0 Å². The van der Waals surface area contributed by atoms with Crippen molar-refractivity contribution in [2.75, 3.05) is 19.5 Å². The van der Waals surface area contributed by atoms with Crippen LogP contribution in [0.2, 0.25) is 0 Å². The highest BCUT2D eigenvalue weighted by Gasteiger charge is 2.18. The Morgan fingerprint density at radius 1 is 0.969 bits per heavy atom. The van der Waals surface area contributed by atoms with Crippen LogP contribution in [0, 0.1) is 20.8 Å². The van der Waals surface area contributed by atoms with Crippen LogP contribution in [0.1, 0.15) is 27.2 Å². The molecule has 0 aliphatic carbocycles. The number of nitrogens with zero attached hydrogens (tertiary/aromatic N) is 5. The van der Waals surface area contributed by atoms with Gasteiger partial charge in [0.15, 0.2) is 11.5 Å². The molecular formula is C22H22N6O3S. The number of aryl methyl sites for hydroxylation is 2. The molecule has 0 saturated carbocycles. The number of hydrogen-bond acceptors (Lipinski definition) is 8. The summed E-state index contributed by atoms with van der Waals surface area (Å²) in [5.74, 6) is 1.10. The average Bonchev–Trinajstić information content (AvgIpc) is 3.38. The molecule has 1 N–H and O–H groups in total. The Balaban J connectivity index is 1.57. The molecule has 0 unspecified atom stereocenters. The zero-order valence-electron chi connectivity index (χ0n) is 18.3. The van der Waals surface area contributed by atoms with Crippen molar-refractivity contribution in [3.8, 4) is 28.7 Å². The number of anilines is 1. The number of methoxy groups -OCH3 is 2. The third-order valence-electron chi connectivity index (χ3n) is 4.82. The van der Waals surface area contributed by atoms with Gasteiger partial charge in [-0.05, 0) is 56.2 Å². The lowest BCUT2D eigenvalue weighted by Crippen LogP contribution is -2.12. The molecule has 32 heavy (non-hydrogen) atoms. The lowest BCUT2D eigenvalue weighted by atomic mass is 10.1. The molecule has 2 heterocycles. The summed E-state index contributed by atoms with van der Waals surface area (Å²) in [6, 6.07) is 11.1. The maximum atomic E-state index is 12.7. The van der Waals surface area contributed by atoms with Gasteiger partial charge in [-0.3, -0.25) is 10.1 Å². The molecule has 164 valence electrons. The number of benzene rings is 2. The molecule has 0 fully saturated rings. The van der Waals surface area contributed by atoms with E-state index in [1.165, 1.54) is 14.2 Å². The Kier molecular flexibility index (Phi) is 5.87. The molecular weight excluding hydrogens is 428 g/mol. The molecule has 10 heteroatoms. The largest absolute Gasteiger partial charge is 0.497 e. The third-order valence-corrected chi connectivity index (χ3v) is 5.45. The van der Waals surface area contributed by atoms with E-state index in [0.717, 1.165) is 34.0 Å². The van der Waals surface area contributed by atoms with E-state index in [4.69, 9.17) is 9.47 Å². The van der Waals surface area contributed by atoms with Crippen LogP contribution in [0.3, 0.4) is 0 Å². The summed E-state index contributed by atoms with van der Waals surface area (Å²) >= 11 is 1.07. The van der Waals surface area contributed by atoms with Crippen molar-refractivity contribution in [2.45, 2.75) is 20.8 Å². The van der Waals surface area contributed by atoms with Crippen molar-refractivity contribution in [3.63, 3.8) is 0 Å². The Bertz CT molecular complexity index is 1250. The number of ether oxygens (including phenoxy) is 2. The van der Waals surface area contributed by atoms with Gasteiger partial charge in [0.2, 0.25) is 5.13 Å². The van der Waals surface area contributed by atoms with Crippen molar-refractivity contribution >= 4 is 22.6 Å². The van der Waals surface area contributed by atoms with Gasteiger partial charge < -0.3 is 9.47 Å². The number of rotatable bonds is 6. The van der Waals surface area contributed by atoms with Gasteiger partial charge in [0.05, 0.1) is 25.6 Å². The fourth-order valence-corrected chi connectivity index (χ4v) is 3.90. The van der Waals surface area contributed by atoms with Crippen LogP contribution >= 0.6 is 11.5 Å². The Labute approximate surface area is 189 Å². The standard InChI is InChI=1S/C22H22N6O3S/c1-12-6-13(2)8-16(7-12)28-14(3)19(25-27-28)20-23-22(32-26-20)24-21(29)15-9-17(30-4)11-18(10-15)31-5/h6-11H,1-5H3,(H,23,24,26,29). The van der Waals surface area contributed by atoms with Gasteiger partial charge in [-0.1, -0.05) is 11.3 Å². The summed E-state index contributed by atoms with van der Waals surface area (Å²) in [5, 5.41) is 11.7. The number of aromatic nitrogens is 5. The topological polar surface area (TPSA) is 104 Å². The van der Waals surface area contributed by atoms with E-state index >= 15 is 0 Å². The molecule has 0 atom stereocenters. The lowest BCUT2D eigenvalue weighted by molar-refractivity contribution is 0.102. The SMILES string of the molecule is COc1cc(OC)cc(C(=O)Nc2nc(-c3nnn(-c4cc(C)cc(C)c4)c3C)ns2)c1. The van der Waals surface area contributed by atoms with Crippen LogP contribution in [-0.4, -0.2) is 44.5 Å². The van der Waals surface area contributed by atoms with Crippen molar-refractivity contribution in [1.82, 2.24) is 24.4 Å². The second-order valence-electron chi connectivity index (χ2n) is 7.26. The molecule has 0 spiro atoms. The Morgan fingerprint density at radius 3 is 2.25 bits per heavy atom. The highest BCUT2D eigenvalue weighted by Crippen LogP contribution is 2.26. The first-order valence-electron chi connectivity index (χ1n) is 9.77. The molecule has 0 saturated heterocycles. The first-order chi connectivity index (χ1) is 15.4. The average molecular weight is 451 g/mol. The van der Waals surface area contributed by atoms with Crippen LogP contribution in [-0.2, 0) is 0 Å². The van der Waals surface area contributed by atoms with Crippen LogP contribution in [0.25, 0.3) is 17.2 Å². The van der Waals surface area contributed by atoms with Crippen LogP contribution < -0.4 is 14.8 Å². The molecule has 4 aromatic rings. The molecule has 2 aromatic carbocycles. The number of carbonyl (C=O) groups excluding carboxylic acids is 1. The minimum absolute atomic E-state index is 0.347. The fraction of sp³-hybridized carbons (Fsp3) is 0.227. The maximum Gasteiger partial charge on any atom is 0.257 e. The molecule has 4 rings (SSSR count). The van der Waals surface area contributed by atoms with Crippen molar-refractivity contribution < 1.29 is 14.3 Å². The molecule has 0 radical (unpaired) electrons. The van der Waals surface area contributed by atoms with Crippen LogP contribution in [0.15, 0.2) is 36.4 Å². The second-order valence-corrected chi connectivity index (χ2v) is 8.01. The van der Waals surface area contributed by atoms with E-state index < -0.39 is 0 Å². The van der Waals surface area contributed by atoms with E-state index in [-0.39, 0.29) is 5.91 Å². The van der Waals surface area contributed by atoms with E-state index in [9.17, 15) is 4.79 Å². The van der Waals surface area contributed by atoms with Crippen molar-refractivity contribution in [3.05, 3.63) is 58.8 Å². The van der Waals surface area contributed by atoms with Crippen molar-refractivity contribution in [1.29, 1.82) is 0 Å². The number of hydrogen-bond donors (Lipinski definition) is 1. The summed E-state index contributed by atoms with van der Waals surface area (Å²) in [6.45, 7) is 5.99. The van der Waals surface area contributed by atoms with Gasteiger partial charge >= 0.3 is 0 Å². The first kappa shape index (κ1) is 21.4. The Hall–Kier alpha value is -3.79. The van der Waals surface area contributed by atoms with Crippen LogP contribution in [0.5, 0.6) is 11.5 Å². The molecule has 2 aromatic heterocycles. The summed E-state index contributed by atoms with van der Waals surface area (Å²) in [5.41, 5.74) is 4.96. The van der Waals surface area contributed by atoms with E-state index in [2.05, 4.69) is 31.1 Å². The van der Waals surface area contributed by atoms with E-state index in [1.54, 1.807) is 22.9 Å². The van der Waals surface area contributed by atoms with Gasteiger partial charge in [0.25, 0.3) is 5.91 Å². The molecule has 0 aliphatic rings. The minimum atomic E-state index is -0.347. The quantitative estimate of drug-likeness (QED) is 0.474. The second kappa shape index (κ2) is 8.75. The maximum absolute atomic E-state index is 12.7. The first-order valence-corrected chi connectivity index (χ1v) is 10.5. The van der Waals surface area contributed by atoms with E-state index in [0.29, 0.717) is 33.7 Å². The predicted molar refractivity (Wildman–Crippen MR) is 122 cm³/mol. The van der Waals surface area contributed by atoms with Gasteiger partial charge in [-0.25, -0.2) is 4.68 Å². The molecule has 0 aliphatic heterocycles. The van der Waals surface area contributed by atoms with Gasteiger partial charge in [0, 0.05) is 23.2 Å². The summed E-state index contributed by atoms with van der Waals surface area (Å²) in [6.07, 6.45) is 0. The van der Waals surface area contributed by atoms with Gasteiger partial charge in [-0.15, -0.1) is 5.10 Å². The van der Waals surface area contributed by atoms with Crippen LogP contribution in [0.4, 0.5) is 5.13 Å². The zero-order chi connectivity index (χ0) is 22.8. The Morgan fingerprint density at radius 2 is 1.62 bits per heavy atom. The molecule has 1 amide bonds. The normalized spacial score (nSPS) is 10.8. The zero-order valence-corrected chi connectivity index (χ0v) is 19.1.